The molecule has 0 heterocycles. The lowest BCUT2D eigenvalue weighted by atomic mass is 10.0. The summed E-state index contributed by atoms with van der Waals surface area (Å²) in [5, 5.41) is 9.16. The van der Waals surface area contributed by atoms with Gasteiger partial charge in [-0.1, -0.05) is 17.7 Å². The quantitative estimate of drug-likeness (QED) is 0.823. The van der Waals surface area contributed by atoms with E-state index in [9.17, 15) is 17.6 Å². The molecule has 0 bridgehead atoms. The van der Waals surface area contributed by atoms with Gasteiger partial charge in [-0.25, -0.2) is 17.6 Å². The lowest BCUT2D eigenvalue weighted by Crippen LogP contribution is -2.23. The van der Waals surface area contributed by atoms with Crippen molar-refractivity contribution in [1.29, 1.82) is 0 Å². The highest BCUT2D eigenvalue weighted by Gasteiger charge is 2.17. The minimum Gasteiger partial charge on any atom is -0.479 e. The molecule has 5 nitrogen and oxygen atoms in total. The Hall–Kier alpha value is -2.12. The van der Waals surface area contributed by atoms with E-state index in [0.29, 0.717) is 11.1 Å². The number of hydrogen-bond acceptors (Lipinski definition) is 4. The highest BCUT2D eigenvalue weighted by atomic mass is 35.5. The second-order valence-corrected chi connectivity index (χ2v) is 7.98. The van der Waals surface area contributed by atoms with Crippen molar-refractivity contribution >= 4 is 27.4 Å². The van der Waals surface area contributed by atoms with Crippen molar-refractivity contribution in [3.05, 3.63) is 58.4 Å². The van der Waals surface area contributed by atoms with E-state index < -0.39 is 27.7 Å². The summed E-state index contributed by atoms with van der Waals surface area (Å²) in [6.07, 6.45) is 0.124. The summed E-state index contributed by atoms with van der Waals surface area (Å²) in [6, 6.07) is 8.02. The lowest BCUT2D eigenvalue weighted by molar-refractivity contribution is -0.144. The van der Waals surface area contributed by atoms with Crippen molar-refractivity contribution in [2.75, 3.05) is 6.26 Å². The van der Waals surface area contributed by atoms with E-state index in [1.807, 2.05) is 0 Å². The lowest BCUT2D eigenvalue weighted by Gasteiger charge is -2.15. The molecule has 0 aliphatic heterocycles. The summed E-state index contributed by atoms with van der Waals surface area (Å²) in [6.45, 7) is 1.36. The van der Waals surface area contributed by atoms with Gasteiger partial charge in [-0.15, -0.1) is 0 Å². The first kappa shape index (κ1) is 19.2. The molecule has 2 aromatic rings. The van der Waals surface area contributed by atoms with Crippen molar-refractivity contribution in [1.82, 2.24) is 0 Å². The van der Waals surface area contributed by atoms with Crippen LogP contribution in [0.1, 0.15) is 18.1 Å². The van der Waals surface area contributed by atoms with Crippen LogP contribution in [-0.4, -0.2) is 31.9 Å². The molecule has 0 unspecified atom stereocenters. The minimum atomic E-state index is -3.39. The molecule has 134 valence electrons. The number of carbonyl (C=O) groups is 1. The summed E-state index contributed by atoms with van der Waals surface area (Å²) in [5.41, 5.74) is 0.967. The van der Waals surface area contributed by atoms with Gasteiger partial charge in [-0.05, 0) is 42.8 Å². The smallest absolute Gasteiger partial charge is 0.344 e. The summed E-state index contributed by atoms with van der Waals surface area (Å²) < 4.78 is 42.0. The molecular formula is C17H16ClFO5S. The number of halogens is 2. The molecule has 0 radical (unpaired) electrons. The number of ether oxygens (including phenoxy) is 1. The fraction of sp³-hybridized carbons (Fsp3) is 0.235. The molecule has 0 aliphatic carbocycles. The van der Waals surface area contributed by atoms with E-state index in [2.05, 4.69) is 0 Å². The van der Waals surface area contributed by atoms with Crippen LogP contribution in [0.5, 0.6) is 5.75 Å². The molecular weight excluding hydrogens is 371 g/mol. The van der Waals surface area contributed by atoms with Gasteiger partial charge in [-0.3, -0.25) is 0 Å². The molecule has 0 aliphatic rings. The molecule has 1 atom stereocenters. The third-order valence-electron chi connectivity index (χ3n) is 3.51. The average molecular weight is 387 g/mol. The minimum absolute atomic E-state index is 0.0801. The Labute approximate surface area is 149 Å². The van der Waals surface area contributed by atoms with Crippen LogP contribution in [-0.2, 0) is 21.1 Å². The fourth-order valence-electron chi connectivity index (χ4n) is 2.15. The summed E-state index contributed by atoms with van der Waals surface area (Å²) in [5.74, 6) is -1.43. The van der Waals surface area contributed by atoms with E-state index in [1.54, 1.807) is 0 Å². The third kappa shape index (κ3) is 4.93. The maximum atomic E-state index is 13.6. The number of sulfone groups is 1. The summed E-state index contributed by atoms with van der Waals surface area (Å²) in [4.78, 5) is 11.0. The van der Waals surface area contributed by atoms with E-state index in [1.165, 1.54) is 43.3 Å². The van der Waals surface area contributed by atoms with Crippen LogP contribution in [0.25, 0.3) is 0 Å². The molecule has 0 fully saturated rings. The second-order valence-electron chi connectivity index (χ2n) is 5.55. The average Bonchev–Trinajstić information content (AvgIpc) is 2.50. The summed E-state index contributed by atoms with van der Waals surface area (Å²) >= 11 is 6.14. The molecule has 0 amide bonds. The number of hydrogen-bond donors (Lipinski definition) is 1. The van der Waals surface area contributed by atoms with Gasteiger partial charge in [0.2, 0.25) is 0 Å². The van der Waals surface area contributed by atoms with Gasteiger partial charge in [0.25, 0.3) is 0 Å². The zero-order valence-corrected chi connectivity index (χ0v) is 15.1. The SMILES string of the molecule is C[C@H](Oc1ccc(F)cc1Cc1ccc(S(C)(=O)=O)cc1Cl)C(=O)O. The first-order chi connectivity index (χ1) is 11.6. The van der Waals surface area contributed by atoms with Crippen LogP contribution in [0.2, 0.25) is 5.02 Å². The van der Waals surface area contributed by atoms with Crippen LogP contribution in [0.15, 0.2) is 41.3 Å². The zero-order chi connectivity index (χ0) is 18.8. The van der Waals surface area contributed by atoms with Gasteiger partial charge in [0.15, 0.2) is 15.9 Å². The van der Waals surface area contributed by atoms with Crippen LogP contribution in [0, 0.1) is 5.82 Å². The molecule has 0 saturated heterocycles. The fourth-order valence-corrected chi connectivity index (χ4v) is 3.11. The number of benzene rings is 2. The number of carboxylic acid groups (broad SMARTS) is 1. The van der Waals surface area contributed by atoms with Crippen LogP contribution >= 0.6 is 11.6 Å². The first-order valence-corrected chi connectivity index (χ1v) is 9.51. The molecule has 0 saturated carbocycles. The van der Waals surface area contributed by atoms with E-state index >= 15 is 0 Å². The Bertz CT molecular complexity index is 911. The largest absolute Gasteiger partial charge is 0.479 e. The Morgan fingerprint density at radius 3 is 2.48 bits per heavy atom. The Balaban J connectivity index is 2.37. The predicted octanol–water partition coefficient (Wildman–Crippen LogP) is 3.33. The molecule has 1 N–H and O–H groups in total. The van der Waals surface area contributed by atoms with Gasteiger partial charge in [0, 0.05) is 23.3 Å². The van der Waals surface area contributed by atoms with Crippen molar-refractivity contribution in [3.63, 3.8) is 0 Å². The van der Waals surface area contributed by atoms with Crippen molar-refractivity contribution in [2.24, 2.45) is 0 Å². The Morgan fingerprint density at radius 1 is 1.24 bits per heavy atom. The highest BCUT2D eigenvalue weighted by molar-refractivity contribution is 7.90. The van der Waals surface area contributed by atoms with Crippen molar-refractivity contribution in [3.8, 4) is 5.75 Å². The number of rotatable bonds is 6. The van der Waals surface area contributed by atoms with Gasteiger partial charge < -0.3 is 9.84 Å². The molecule has 8 heteroatoms. The standard InChI is InChI=1S/C17H16ClFO5S/c1-10(17(20)21)24-16-6-4-13(19)8-12(16)7-11-3-5-14(9-15(11)18)25(2,22)23/h3-6,8-10H,7H2,1-2H3,(H,20,21)/t10-/m0/s1. The first-order valence-electron chi connectivity index (χ1n) is 7.24. The van der Waals surface area contributed by atoms with Gasteiger partial charge in [0.1, 0.15) is 11.6 Å². The van der Waals surface area contributed by atoms with E-state index in [-0.39, 0.29) is 22.1 Å². The van der Waals surface area contributed by atoms with Crippen molar-refractivity contribution in [2.45, 2.75) is 24.3 Å². The number of aliphatic carboxylic acids is 1. The molecule has 2 aromatic carbocycles. The van der Waals surface area contributed by atoms with Gasteiger partial charge >= 0.3 is 5.97 Å². The van der Waals surface area contributed by atoms with Crippen LogP contribution in [0.3, 0.4) is 0 Å². The maximum absolute atomic E-state index is 13.6. The zero-order valence-electron chi connectivity index (χ0n) is 13.5. The predicted molar refractivity (Wildman–Crippen MR) is 91.5 cm³/mol. The Kier molecular flexibility index (Phi) is 5.69. The Morgan fingerprint density at radius 2 is 1.92 bits per heavy atom. The third-order valence-corrected chi connectivity index (χ3v) is 4.97. The van der Waals surface area contributed by atoms with Gasteiger partial charge in [-0.2, -0.15) is 0 Å². The highest BCUT2D eigenvalue weighted by Crippen LogP contribution is 2.28. The monoisotopic (exact) mass is 386 g/mol. The van der Waals surface area contributed by atoms with E-state index in [0.717, 1.165) is 6.26 Å². The van der Waals surface area contributed by atoms with Crippen LogP contribution in [0.4, 0.5) is 4.39 Å². The van der Waals surface area contributed by atoms with Crippen LogP contribution < -0.4 is 4.74 Å². The molecule has 0 aromatic heterocycles. The van der Waals surface area contributed by atoms with Crippen molar-refractivity contribution < 1.29 is 27.4 Å². The molecule has 2 rings (SSSR count). The number of carboxylic acids is 1. The molecule has 25 heavy (non-hydrogen) atoms. The van der Waals surface area contributed by atoms with E-state index in [4.69, 9.17) is 21.4 Å². The topological polar surface area (TPSA) is 80.7 Å². The maximum Gasteiger partial charge on any atom is 0.344 e. The normalized spacial score (nSPS) is 12.6. The van der Waals surface area contributed by atoms with Gasteiger partial charge in [0.05, 0.1) is 4.90 Å². The summed E-state index contributed by atoms with van der Waals surface area (Å²) in [7, 11) is -3.39. The second kappa shape index (κ2) is 7.41. The molecule has 0 spiro atoms.